The summed E-state index contributed by atoms with van der Waals surface area (Å²) in [6.07, 6.45) is 3.71. The van der Waals surface area contributed by atoms with Gasteiger partial charge in [0.25, 0.3) is 0 Å². The van der Waals surface area contributed by atoms with Gasteiger partial charge in [-0.15, -0.1) is 23.5 Å². The summed E-state index contributed by atoms with van der Waals surface area (Å²) in [6, 6.07) is 11.6. The largest absolute Gasteiger partial charge is 0.455 e. The summed E-state index contributed by atoms with van der Waals surface area (Å²) in [6.45, 7) is 14.0. The Balaban J connectivity index is 2.47. The molecular formula is C20H36OS3Si2. The van der Waals surface area contributed by atoms with Gasteiger partial charge in [0.2, 0.25) is 0 Å². The Kier molecular flexibility index (Phi) is 11.3. The van der Waals surface area contributed by atoms with Crippen molar-refractivity contribution >= 4 is 55.9 Å². The maximum absolute atomic E-state index is 6.72. The molecule has 1 nitrogen and oxygen atoms in total. The molecule has 0 aromatic heterocycles. The normalized spacial score (nSPS) is 12.4. The molecule has 1 rings (SSSR count). The number of aryl methyl sites for hydroxylation is 1. The van der Waals surface area contributed by atoms with Gasteiger partial charge in [0, 0.05) is 5.75 Å². The van der Waals surface area contributed by atoms with Crippen LogP contribution < -0.4 is 0 Å². The second-order valence-corrected chi connectivity index (χ2v) is 20.3. The van der Waals surface area contributed by atoms with Crippen molar-refractivity contribution in [2.75, 3.05) is 5.75 Å². The van der Waals surface area contributed by atoms with E-state index in [-0.39, 0.29) is 0 Å². The molecule has 0 heterocycles. The van der Waals surface area contributed by atoms with Crippen LogP contribution in [-0.4, -0.2) is 25.9 Å². The van der Waals surface area contributed by atoms with E-state index in [1.165, 1.54) is 36.1 Å². The van der Waals surface area contributed by atoms with Crippen LogP contribution in [0.3, 0.4) is 0 Å². The number of thioether (sulfide) groups is 2. The van der Waals surface area contributed by atoms with Crippen LogP contribution in [0.4, 0.5) is 0 Å². The summed E-state index contributed by atoms with van der Waals surface area (Å²) < 4.78 is 7.77. The molecule has 0 aliphatic carbocycles. The molecule has 0 bridgehead atoms. The van der Waals surface area contributed by atoms with Crippen molar-refractivity contribution in [2.24, 2.45) is 0 Å². The van der Waals surface area contributed by atoms with Crippen LogP contribution in [0.5, 0.6) is 0 Å². The van der Waals surface area contributed by atoms with E-state index in [2.05, 4.69) is 64.3 Å². The highest BCUT2D eigenvalue weighted by Gasteiger charge is 2.32. The van der Waals surface area contributed by atoms with Gasteiger partial charge in [0.15, 0.2) is 16.6 Å². The average molecular weight is 445 g/mol. The highest BCUT2D eigenvalue weighted by molar-refractivity contribution is 8.46. The van der Waals surface area contributed by atoms with Gasteiger partial charge in [0.1, 0.15) is 3.53 Å². The zero-order valence-corrected chi connectivity index (χ0v) is 21.8. The lowest BCUT2D eigenvalue weighted by Gasteiger charge is -2.34. The van der Waals surface area contributed by atoms with Crippen LogP contribution in [-0.2, 0) is 16.3 Å². The van der Waals surface area contributed by atoms with Gasteiger partial charge in [-0.2, -0.15) is 0 Å². The van der Waals surface area contributed by atoms with Gasteiger partial charge >= 0.3 is 0 Å². The molecule has 1 aromatic carbocycles. The Bertz CT molecular complexity index is 544. The first kappa shape index (κ1) is 24.4. The highest BCUT2D eigenvalue weighted by atomic mass is 32.2. The SMILES string of the molecule is CCCC[Si](C)(C)O[Si](C)(C)CCc1ccc(CSC(=S)SCC)cc1. The van der Waals surface area contributed by atoms with Crippen LogP contribution in [0.25, 0.3) is 0 Å². The second-order valence-electron chi connectivity index (χ2n) is 8.01. The molecule has 0 aliphatic heterocycles. The van der Waals surface area contributed by atoms with Gasteiger partial charge in [0.05, 0.1) is 0 Å². The van der Waals surface area contributed by atoms with Crippen LogP contribution in [0.1, 0.15) is 37.8 Å². The molecule has 0 fully saturated rings. The summed E-state index contributed by atoms with van der Waals surface area (Å²) in [5, 5.41) is 0. The molecule has 0 N–H and O–H groups in total. The molecule has 0 saturated heterocycles. The lowest BCUT2D eigenvalue weighted by atomic mass is 10.1. The minimum absolute atomic E-state index is 0.979. The number of unbranched alkanes of at least 4 members (excludes halogenated alkanes) is 1. The molecule has 148 valence electrons. The van der Waals surface area contributed by atoms with Crippen molar-refractivity contribution in [3.8, 4) is 0 Å². The van der Waals surface area contributed by atoms with Crippen molar-refractivity contribution in [2.45, 2.75) is 77.1 Å². The number of hydrogen-bond donors (Lipinski definition) is 0. The van der Waals surface area contributed by atoms with Gasteiger partial charge in [-0.05, 0) is 61.6 Å². The molecule has 0 atom stereocenters. The number of thiocarbonyl (C=S) groups is 1. The first-order valence-electron chi connectivity index (χ1n) is 9.75. The summed E-state index contributed by atoms with van der Waals surface area (Å²) in [7, 11) is -3.08. The molecule has 0 amide bonds. The fraction of sp³-hybridized carbons (Fsp3) is 0.650. The molecule has 0 spiro atoms. The zero-order valence-electron chi connectivity index (χ0n) is 17.4. The predicted octanol–water partition coefficient (Wildman–Crippen LogP) is 7.73. The van der Waals surface area contributed by atoms with Crippen LogP contribution in [0, 0.1) is 0 Å². The van der Waals surface area contributed by atoms with Crippen molar-refractivity contribution in [3.05, 3.63) is 35.4 Å². The maximum Gasteiger partial charge on any atom is 0.173 e. The number of hydrogen-bond acceptors (Lipinski definition) is 4. The van der Waals surface area contributed by atoms with E-state index in [4.69, 9.17) is 16.3 Å². The Labute approximate surface area is 177 Å². The summed E-state index contributed by atoms with van der Waals surface area (Å²) in [5.74, 6) is 2.04. The van der Waals surface area contributed by atoms with Crippen LogP contribution in [0.15, 0.2) is 24.3 Å². The Morgan fingerprint density at radius 3 is 2.08 bits per heavy atom. The Morgan fingerprint density at radius 2 is 1.50 bits per heavy atom. The monoisotopic (exact) mass is 444 g/mol. The molecule has 6 heteroatoms. The van der Waals surface area contributed by atoms with Gasteiger partial charge in [-0.3, -0.25) is 0 Å². The van der Waals surface area contributed by atoms with E-state index in [9.17, 15) is 0 Å². The topological polar surface area (TPSA) is 9.23 Å². The third-order valence-electron chi connectivity index (χ3n) is 4.34. The fourth-order valence-corrected chi connectivity index (χ4v) is 14.0. The minimum atomic E-state index is -1.59. The van der Waals surface area contributed by atoms with E-state index in [1.807, 2.05) is 0 Å². The van der Waals surface area contributed by atoms with Gasteiger partial charge < -0.3 is 4.12 Å². The first-order valence-corrected chi connectivity index (χ1v) is 18.4. The first-order chi connectivity index (χ1) is 12.2. The summed E-state index contributed by atoms with van der Waals surface area (Å²) >= 11 is 8.89. The minimum Gasteiger partial charge on any atom is -0.455 e. The van der Waals surface area contributed by atoms with E-state index >= 15 is 0 Å². The number of rotatable bonds is 11. The lowest BCUT2D eigenvalue weighted by Crippen LogP contribution is -2.44. The lowest BCUT2D eigenvalue weighted by molar-refractivity contribution is 0.532. The predicted molar refractivity (Wildman–Crippen MR) is 133 cm³/mol. The highest BCUT2D eigenvalue weighted by Crippen LogP contribution is 2.25. The van der Waals surface area contributed by atoms with E-state index in [1.54, 1.807) is 23.5 Å². The van der Waals surface area contributed by atoms with Crippen molar-refractivity contribution in [1.82, 2.24) is 0 Å². The Morgan fingerprint density at radius 1 is 0.923 bits per heavy atom. The van der Waals surface area contributed by atoms with Crippen molar-refractivity contribution < 1.29 is 4.12 Å². The van der Waals surface area contributed by atoms with Crippen molar-refractivity contribution in [3.63, 3.8) is 0 Å². The smallest absolute Gasteiger partial charge is 0.173 e. The molecule has 0 saturated carbocycles. The summed E-state index contributed by atoms with van der Waals surface area (Å²) in [5.41, 5.74) is 2.79. The zero-order chi connectivity index (χ0) is 19.6. The Hall–Kier alpha value is 0.404. The standard InChI is InChI=1S/C20H36OS3Si2/c1-7-9-15-25(3,4)21-26(5,6)16-14-18-10-12-19(13-11-18)17-24-20(22)23-8-2/h10-13H,7-9,14-17H2,1-6H3. The molecular weight excluding hydrogens is 409 g/mol. The van der Waals surface area contributed by atoms with Crippen LogP contribution in [0.2, 0.25) is 38.3 Å². The molecule has 0 aliphatic rings. The quantitative estimate of drug-likeness (QED) is 0.255. The molecule has 26 heavy (non-hydrogen) atoms. The third kappa shape index (κ3) is 10.7. The van der Waals surface area contributed by atoms with E-state index < -0.39 is 16.6 Å². The summed E-state index contributed by atoms with van der Waals surface area (Å²) in [4.78, 5) is 0. The van der Waals surface area contributed by atoms with E-state index in [0.29, 0.717) is 0 Å². The second kappa shape index (κ2) is 12.1. The number of benzene rings is 1. The molecule has 1 aromatic rings. The van der Waals surface area contributed by atoms with Crippen molar-refractivity contribution in [1.29, 1.82) is 0 Å². The van der Waals surface area contributed by atoms with Gasteiger partial charge in [-0.1, -0.05) is 63.2 Å². The van der Waals surface area contributed by atoms with Gasteiger partial charge in [-0.25, -0.2) is 0 Å². The average Bonchev–Trinajstić information content (AvgIpc) is 2.57. The fourth-order valence-electron chi connectivity index (χ4n) is 3.00. The molecule has 0 radical (unpaired) electrons. The third-order valence-corrected chi connectivity index (χ3v) is 14.4. The van der Waals surface area contributed by atoms with Crippen LogP contribution >= 0.6 is 35.7 Å². The maximum atomic E-state index is 6.72. The van der Waals surface area contributed by atoms with E-state index in [0.717, 1.165) is 21.5 Å². The molecule has 0 unspecified atom stereocenters.